The number of para-hydroxylation sites is 1. The predicted octanol–water partition coefficient (Wildman–Crippen LogP) is 4.84. The first kappa shape index (κ1) is 15.7. The summed E-state index contributed by atoms with van der Waals surface area (Å²) in [7, 11) is 0. The Hall–Kier alpha value is -1.78. The van der Waals surface area contributed by atoms with E-state index in [2.05, 4.69) is 48.3 Å². The molecule has 2 aliphatic rings. The minimum absolute atomic E-state index is 0.121. The summed E-state index contributed by atoms with van der Waals surface area (Å²) < 4.78 is 6.38. The van der Waals surface area contributed by atoms with Crippen LogP contribution in [-0.4, -0.2) is 10.8 Å². The zero-order valence-corrected chi connectivity index (χ0v) is 15.2. The Morgan fingerprint density at radius 1 is 1.29 bits per heavy atom. The van der Waals surface area contributed by atoms with Gasteiger partial charge in [-0.15, -0.1) is 0 Å². The van der Waals surface area contributed by atoms with Crippen LogP contribution in [0.25, 0.3) is 0 Å². The van der Waals surface area contributed by atoms with E-state index in [-0.39, 0.29) is 6.04 Å². The maximum absolute atomic E-state index is 6.38. The number of nitrogens with zero attached hydrogens (tertiary/aromatic N) is 1. The van der Waals surface area contributed by atoms with E-state index >= 15 is 0 Å². The van der Waals surface area contributed by atoms with Crippen LogP contribution in [-0.2, 0) is 6.42 Å². The number of hydrogen-bond acceptors (Lipinski definition) is 2. The van der Waals surface area contributed by atoms with Crippen LogP contribution in [0.5, 0.6) is 5.75 Å². The largest absolute Gasteiger partial charge is 0.466 e. The normalized spacial score (nSPS) is 24.9. The highest BCUT2D eigenvalue weighted by Crippen LogP contribution is 2.48. The molecule has 3 nitrogen and oxygen atoms in total. The maximum atomic E-state index is 6.38. The molecule has 0 aliphatic carbocycles. The number of aryl methyl sites for hydroxylation is 1. The van der Waals surface area contributed by atoms with E-state index in [1.54, 1.807) is 0 Å². The third-order valence-corrected chi connectivity index (χ3v) is 5.45. The summed E-state index contributed by atoms with van der Waals surface area (Å²) in [4.78, 5) is 2.06. The van der Waals surface area contributed by atoms with Gasteiger partial charge in [0.1, 0.15) is 5.75 Å². The van der Waals surface area contributed by atoms with Gasteiger partial charge in [0.2, 0.25) is 0 Å². The lowest BCUT2D eigenvalue weighted by Crippen LogP contribution is -2.65. The molecule has 0 radical (unpaired) electrons. The second-order valence-corrected chi connectivity index (χ2v) is 7.29. The van der Waals surface area contributed by atoms with Crippen molar-refractivity contribution in [3.63, 3.8) is 0 Å². The number of nitrogens with one attached hydrogen (secondary N) is 1. The standard InChI is InChI=1S/C19H19ClN2OS/c1-3-12-7-9-13(10-8-12)22-18(24)21-16-11-19(22,2)23-17-14(16)5-4-6-15(17)20/h4-10,16H,3,11H2,1-2H3,(H,21,24). The van der Waals surface area contributed by atoms with Gasteiger partial charge in [0.15, 0.2) is 10.8 Å². The smallest absolute Gasteiger partial charge is 0.188 e. The molecule has 1 saturated heterocycles. The van der Waals surface area contributed by atoms with Crippen LogP contribution in [0.4, 0.5) is 5.69 Å². The third-order valence-electron chi connectivity index (χ3n) is 4.85. The zero-order chi connectivity index (χ0) is 16.9. The summed E-state index contributed by atoms with van der Waals surface area (Å²) in [6, 6.07) is 14.5. The zero-order valence-electron chi connectivity index (χ0n) is 13.7. The van der Waals surface area contributed by atoms with Gasteiger partial charge in [0.05, 0.1) is 11.1 Å². The number of fused-ring (bicyclic) bond motifs is 4. The van der Waals surface area contributed by atoms with Gasteiger partial charge < -0.3 is 10.1 Å². The number of thiocarbonyl (C=S) groups is 1. The predicted molar refractivity (Wildman–Crippen MR) is 102 cm³/mol. The molecule has 124 valence electrons. The van der Waals surface area contributed by atoms with Crippen molar-refractivity contribution in [2.45, 2.75) is 38.5 Å². The number of anilines is 1. The monoisotopic (exact) mass is 358 g/mol. The Morgan fingerprint density at radius 2 is 2.04 bits per heavy atom. The molecule has 24 heavy (non-hydrogen) atoms. The molecule has 0 spiro atoms. The first-order valence-electron chi connectivity index (χ1n) is 8.19. The van der Waals surface area contributed by atoms with Crippen molar-refractivity contribution < 1.29 is 4.74 Å². The van der Waals surface area contributed by atoms with E-state index in [0.29, 0.717) is 10.1 Å². The summed E-state index contributed by atoms with van der Waals surface area (Å²) in [5.41, 5.74) is 2.85. The second kappa shape index (κ2) is 5.64. The molecular weight excluding hydrogens is 340 g/mol. The molecule has 2 bridgehead atoms. The fourth-order valence-corrected chi connectivity index (χ4v) is 4.28. The molecule has 2 unspecified atom stereocenters. The average Bonchev–Trinajstić information content (AvgIpc) is 2.56. The maximum Gasteiger partial charge on any atom is 0.188 e. The van der Waals surface area contributed by atoms with E-state index in [1.807, 2.05) is 18.2 Å². The van der Waals surface area contributed by atoms with Gasteiger partial charge in [-0.25, -0.2) is 0 Å². The van der Waals surface area contributed by atoms with Crippen molar-refractivity contribution in [2.75, 3.05) is 4.90 Å². The lowest BCUT2D eigenvalue weighted by molar-refractivity contribution is 0.0499. The minimum Gasteiger partial charge on any atom is -0.466 e. The van der Waals surface area contributed by atoms with E-state index in [4.69, 9.17) is 28.6 Å². The summed E-state index contributed by atoms with van der Waals surface area (Å²) in [6.45, 7) is 4.23. The topological polar surface area (TPSA) is 24.5 Å². The van der Waals surface area contributed by atoms with Crippen LogP contribution < -0.4 is 15.0 Å². The van der Waals surface area contributed by atoms with Crippen molar-refractivity contribution in [3.8, 4) is 5.75 Å². The molecular formula is C19H19ClN2OS. The highest BCUT2D eigenvalue weighted by atomic mass is 35.5. The molecule has 2 aliphatic heterocycles. The van der Waals surface area contributed by atoms with Crippen molar-refractivity contribution in [1.82, 2.24) is 5.32 Å². The Bertz CT molecular complexity index is 808. The van der Waals surface area contributed by atoms with Crippen LogP contribution in [0.3, 0.4) is 0 Å². The number of ether oxygens (including phenoxy) is 1. The molecule has 2 heterocycles. The summed E-state index contributed by atoms with van der Waals surface area (Å²) >= 11 is 12.0. The molecule has 2 aromatic carbocycles. The fourth-order valence-electron chi connectivity index (χ4n) is 3.62. The van der Waals surface area contributed by atoms with Gasteiger partial charge in [-0.2, -0.15) is 0 Å². The first-order chi connectivity index (χ1) is 11.5. The lowest BCUT2D eigenvalue weighted by Gasteiger charge is -2.52. The molecule has 1 N–H and O–H groups in total. The Morgan fingerprint density at radius 3 is 2.75 bits per heavy atom. The highest BCUT2D eigenvalue weighted by Gasteiger charge is 2.48. The van der Waals surface area contributed by atoms with E-state index < -0.39 is 5.72 Å². The SMILES string of the molecule is CCc1ccc(N2C(=S)NC3CC2(C)Oc2c(Cl)cccc23)cc1. The van der Waals surface area contributed by atoms with Crippen LogP contribution in [0, 0.1) is 0 Å². The van der Waals surface area contributed by atoms with Gasteiger partial charge >= 0.3 is 0 Å². The van der Waals surface area contributed by atoms with Crippen molar-refractivity contribution in [3.05, 3.63) is 58.6 Å². The van der Waals surface area contributed by atoms with E-state index in [9.17, 15) is 0 Å². The second-order valence-electron chi connectivity index (χ2n) is 6.50. The fraction of sp³-hybridized carbons (Fsp3) is 0.316. The van der Waals surface area contributed by atoms with Crippen molar-refractivity contribution in [1.29, 1.82) is 0 Å². The first-order valence-corrected chi connectivity index (χ1v) is 8.97. The molecule has 0 amide bonds. The van der Waals surface area contributed by atoms with Crippen LogP contribution in [0.1, 0.15) is 37.4 Å². The Kier molecular flexibility index (Phi) is 3.70. The molecule has 1 fully saturated rings. The van der Waals surface area contributed by atoms with Gasteiger partial charge in [-0.05, 0) is 49.3 Å². The van der Waals surface area contributed by atoms with Crippen molar-refractivity contribution in [2.24, 2.45) is 0 Å². The van der Waals surface area contributed by atoms with Crippen molar-refractivity contribution >= 4 is 34.6 Å². The van der Waals surface area contributed by atoms with Gasteiger partial charge in [0.25, 0.3) is 0 Å². The van der Waals surface area contributed by atoms with Crippen LogP contribution in [0.15, 0.2) is 42.5 Å². The third kappa shape index (κ3) is 2.36. The number of rotatable bonds is 2. The summed E-state index contributed by atoms with van der Waals surface area (Å²) in [5.74, 6) is 0.753. The van der Waals surface area contributed by atoms with Gasteiger partial charge in [0, 0.05) is 17.7 Å². The molecule has 4 rings (SSSR count). The minimum atomic E-state index is -0.557. The summed E-state index contributed by atoms with van der Waals surface area (Å²) in [6.07, 6.45) is 1.82. The number of hydrogen-bond donors (Lipinski definition) is 1. The summed E-state index contributed by atoms with van der Waals surface area (Å²) in [5, 5.41) is 4.77. The van der Waals surface area contributed by atoms with E-state index in [0.717, 1.165) is 29.8 Å². The Labute approximate surface area is 152 Å². The molecule has 2 atom stereocenters. The van der Waals surface area contributed by atoms with E-state index in [1.165, 1.54) is 5.56 Å². The average molecular weight is 359 g/mol. The quantitative estimate of drug-likeness (QED) is 0.776. The van der Waals surface area contributed by atoms with Gasteiger partial charge in [-0.3, -0.25) is 4.90 Å². The highest BCUT2D eigenvalue weighted by molar-refractivity contribution is 7.80. The number of benzene rings is 2. The molecule has 0 saturated carbocycles. The lowest BCUT2D eigenvalue weighted by atomic mass is 9.90. The van der Waals surface area contributed by atoms with Crippen LogP contribution in [0.2, 0.25) is 5.02 Å². The number of halogens is 1. The van der Waals surface area contributed by atoms with Gasteiger partial charge in [-0.1, -0.05) is 42.8 Å². The molecule has 5 heteroatoms. The molecule has 2 aromatic rings. The Balaban J connectivity index is 1.78. The van der Waals surface area contributed by atoms with Crippen LogP contribution >= 0.6 is 23.8 Å². The molecule has 0 aromatic heterocycles.